The van der Waals surface area contributed by atoms with Gasteiger partial charge in [-0.05, 0) is 18.2 Å². The van der Waals surface area contributed by atoms with Crippen LogP contribution < -0.4 is 5.32 Å². The number of hydrogen-bond acceptors (Lipinski definition) is 8. The summed E-state index contributed by atoms with van der Waals surface area (Å²) in [6.07, 6.45) is 10.2. The number of esters is 1. The van der Waals surface area contributed by atoms with E-state index in [-0.39, 0.29) is 28.3 Å². The summed E-state index contributed by atoms with van der Waals surface area (Å²) in [5.74, 6) is 1.27. The van der Waals surface area contributed by atoms with Crippen LogP contribution in [0.4, 0.5) is 5.69 Å². The number of pyridine rings is 1. The van der Waals surface area contributed by atoms with Crippen LogP contribution in [-0.2, 0) is 4.74 Å². The van der Waals surface area contributed by atoms with Gasteiger partial charge in [-0.2, -0.15) is 5.26 Å². The predicted molar refractivity (Wildman–Crippen MR) is 95.3 cm³/mol. The van der Waals surface area contributed by atoms with Gasteiger partial charge in [-0.3, -0.25) is 9.36 Å². The molecule has 0 radical (unpaired) electrons. The van der Waals surface area contributed by atoms with E-state index in [2.05, 4.69) is 36.1 Å². The molecule has 0 spiro atoms. The zero-order valence-electron chi connectivity index (χ0n) is 14.4. The number of carbonyl (C=O) groups excluding carboxylic acids is 2. The van der Waals surface area contributed by atoms with E-state index in [9.17, 15) is 9.59 Å². The number of aromatic nitrogens is 5. The Hall–Kier alpha value is -4.57. The van der Waals surface area contributed by atoms with Crippen molar-refractivity contribution < 1.29 is 14.3 Å². The first kappa shape index (κ1) is 18.2. The van der Waals surface area contributed by atoms with Gasteiger partial charge in [0, 0.05) is 12.4 Å². The highest BCUT2D eigenvalue weighted by Gasteiger charge is 2.20. The highest BCUT2D eigenvalue weighted by atomic mass is 16.5. The number of nitrogens with one attached hydrogen (secondary N) is 1. The number of carbonyl (C=O) groups is 2. The third kappa shape index (κ3) is 3.52. The fourth-order valence-electron chi connectivity index (χ4n) is 2.22. The highest BCUT2D eigenvalue weighted by molar-refractivity contribution is 6.06. The highest BCUT2D eigenvalue weighted by Crippen LogP contribution is 2.20. The van der Waals surface area contributed by atoms with Crippen molar-refractivity contribution >= 4 is 17.6 Å². The maximum atomic E-state index is 12.5. The minimum Gasteiger partial charge on any atom is -0.464 e. The quantitative estimate of drug-likeness (QED) is 0.527. The Balaban J connectivity index is 1.92. The lowest BCUT2D eigenvalue weighted by Gasteiger charge is -2.10. The van der Waals surface area contributed by atoms with Crippen LogP contribution in [-0.4, -0.2) is 43.7 Å². The second kappa shape index (κ2) is 7.76. The predicted octanol–water partition coefficient (Wildman–Crippen LogP) is 0.949. The van der Waals surface area contributed by atoms with E-state index < -0.39 is 11.9 Å². The van der Waals surface area contributed by atoms with Crippen LogP contribution in [0.15, 0.2) is 36.9 Å². The molecule has 136 valence electrons. The lowest BCUT2D eigenvalue weighted by molar-refractivity contribution is 0.0595. The molecule has 0 aliphatic carbocycles. The van der Waals surface area contributed by atoms with Gasteiger partial charge >= 0.3 is 5.97 Å². The Morgan fingerprint density at radius 3 is 2.71 bits per heavy atom. The average molecular weight is 373 g/mol. The summed E-state index contributed by atoms with van der Waals surface area (Å²) in [5.41, 5.74) is -0.289. The fraction of sp³-hybridized carbons (Fsp3) is 0.0556. The van der Waals surface area contributed by atoms with Crippen molar-refractivity contribution in [2.75, 3.05) is 12.4 Å². The zero-order valence-corrected chi connectivity index (χ0v) is 14.4. The molecule has 0 aliphatic heterocycles. The van der Waals surface area contributed by atoms with Crippen LogP contribution in [0.3, 0.4) is 0 Å². The summed E-state index contributed by atoms with van der Waals surface area (Å²) in [6, 6.07) is 6.12. The van der Waals surface area contributed by atoms with Gasteiger partial charge in [-0.1, -0.05) is 5.92 Å². The lowest BCUT2D eigenvalue weighted by atomic mass is 10.1. The Labute approximate surface area is 158 Å². The topological polar surface area (TPSA) is 136 Å². The molecule has 10 nitrogen and oxygen atoms in total. The normalized spacial score (nSPS) is 9.82. The third-order valence-corrected chi connectivity index (χ3v) is 3.56. The summed E-state index contributed by atoms with van der Waals surface area (Å²) in [4.78, 5) is 32.3. The van der Waals surface area contributed by atoms with E-state index in [1.54, 1.807) is 29.1 Å². The molecule has 0 saturated carbocycles. The number of terminal acetylenes is 1. The van der Waals surface area contributed by atoms with Crippen LogP contribution in [0, 0.1) is 23.7 Å². The lowest BCUT2D eigenvalue weighted by Crippen LogP contribution is -2.19. The number of nitriles is 1. The van der Waals surface area contributed by atoms with Crippen molar-refractivity contribution in [2.45, 2.75) is 0 Å². The first-order valence-corrected chi connectivity index (χ1v) is 7.71. The molecule has 3 rings (SSSR count). The van der Waals surface area contributed by atoms with Crippen molar-refractivity contribution in [2.24, 2.45) is 0 Å². The van der Waals surface area contributed by atoms with Crippen LogP contribution in [0.2, 0.25) is 0 Å². The summed E-state index contributed by atoms with van der Waals surface area (Å²) in [6.45, 7) is 0. The summed E-state index contributed by atoms with van der Waals surface area (Å²) >= 11 is 0. The molecule has 1 amide bonds. The second-order valence-corrected chi connectivity index (χ2v) is 5.23. The summed E-state index contributed by atoms with van der Waals surface area (Å²) in [5, 5.41) is 19.4. The standard InChI is InChI=1S/C18H11N7O3/c1-3-11-8-13(16(18(27)28-2)21-14(11)9-19)22-17(26)12-4-5-15(24-23-12)25-7-6-20-10-25/h1,4-8,10H,2H3,(H,22,26). The Bertz CT molecular complexity index is 1120. The van der Waals surface area contributed by atoms with Gasteiger partial charge in [0.05, 0.1) is 18.4 Å². The number of imidazole rings is 1. The van der Waals surface area contributed by atoms with Crippen molar-refractivity contribution in [3.05, 3.63) is 59.6 Å². The molecule has 28 heavy (non-hydrogen) atoms. The van der Waals surface area contributed by atoms with E-state index >= 15 is 0 Å². The number of hydrogen-bond donors (Lipinski definition) is 1. The van der Waals surface area contributed by atoms with E-state index in [1.165, 1.54) is 18.5 Å². The van der Waals surface area contributed by atoms with Crippen LogP contribution >= 0.6 is 0 Å². The SMILES string of the molecule is C#Cc1cc(NC(=O)c2ccc(-n3ccnc3)nn2)c(C(=O)OC)nc1C#N. The van der Waals surface area contributed by atoms with Gasteiger partial charge in [-0.25, -0.2) is 14.8 Å². The molecule has 0 unspecified atom stereocenters. The first-order valence-electron chi connectivity index (χ1n) is 7.71. The number of amides is 1. The second-order valence-electron chi connectivity index (χ2n) is 5.23. The molecule has 3 heterocycles. The number of rotatable bonds is 4. The molecule has 0 fully saturated rings. The van der Waals surface area contributed by atoms with Gasteiger partial charge in [0.15, 0.2) is 22.9 Å². The molecule has 3 aromatic rings. The average Bonchev–Trinajstić information content (AvgIpc) is 3.27. The van der Waals surface area contributed by atoms with E-state index in [0.29, 0.717) is 5.82 Å². The van der Waals surface area contributed by atoms with E-state index in [0.717, 1.165) is 7.11 Å². The number of methoxy groups -OCH3 is 1. The Morgan fingerprint density at radius 2 is 2.14 bits per heavy atom. The maximum absolute atomic E-state index is 12.5. The van der Waals surface area contributed by atoms with Gasteiger partial charge in [-0.15, -0.1) is 16.6 Å². The molecule has 0 bridgehead atoms. The Morgan fingerprint density at radius 1 is 1.32 bits per heavy atom. The number of nitrogens with zero attached hydrogens (tertiary/aromatic N) is 6. The minimum atomic E-state index is -0.836. The van der Waals surface area contributed by atoms with Crippen molar-refractivity contribution in [1.82, 2.24) is 24.7 Å². The summed E-state index contributed by atoms with van der Waals surface area (Å²) < 4.78 is 6.26. The fourth-order valence-corrected chi connectivity index (χ4v) is 2.22. The van der Waals surface area contributed by atoms with E-state index in [1.807, 2.05) is 0 Å². The van der Waals surface area contributed by atoms with Crippen molar-refractivity contribution in [3.8, 4) is 24.2 Å². The number of ether oxygens (including phenoxy) is 1. The van der Waals surface area contributed by atoms with Crippen LogP contribution in [0.25, 0.3) is 5.82 Å². The maximum Gasteiger partial charge on any atom is 0.358 e. The molecule has 10 heteroatoms. The van der Waals surface area contributed by atoms with Gasteiger partial charge in [0.1, 0.15) is 12.4 Å². The van der Waals surface area contributed by atoms with Crippen LogP contribution in [0.5, 0.6) is 0 Å². The number of anilines is 1. The molecular formula is C18H11N7O3. The van der Waals surface area contributed by atoms with Gasteiger partial charge in [0.25, 0.3) is 5.91 Å². The molecule has 0 atom stereocenters. The van der Waals surface area contributed by atoms with E-state index in [4.69, 9.17) is 11.7 Å². The molecule has 1 N–H and O–H groups in total. The van der Waals surface area contributed by atoms with Crippen molar-refractivity contribution in [1.29, 1.82) is 5.26 Å². The van der Waals surface area contributed by atoms with Gasteiger partial charge in [0.2, 0.25) is 0 Å². The molecule has 0 saturated heterocycles. The molecule has 0 aliphatic rings. The molecule has 3 aromatic heterocycles. The van der Waals surface area contributed by atoms with Gasteiger partial charge < -0.3 is 10.1 Å². The molecule has 0 aromatic carbocycles. The minimum absolute atomic E-state index is 0.00806. The van der Waals surface area contributed by atoms with Crippen molar-refractivity contribution in [3.63, 3.8) is 0 Å². The largest absolute Gasteiger partial charge is 0.464 e. The molecular weight excluding hydrogens is 362 g/mol. The zero-order chi connectivity index (χ0) is 20.1. The Kier molecular flexibility index (Phi) is 5.05. The third-order valence-electron chi connectivity index (χ3n) is 3.56. The van der Waals surface area contributed by atoms with Crippen LogP contribution in [0.1, 0.15) is 32.2 Å². The smallest absolute Gasteiger partial charge is 0.358 e. The first-order chi connectivity index (χ1) is 13.6. The monoisotopic (exact) mass is 373 g/mol. The summed E-state index contributed by atoms with van der Waals surface area (Å²) in [7, 11) is 1.15.